The Kier molecular flexibility index (Phi) is 6.56. The zero-order valence-corrected chi connectivity index (χ0v) is 17.8. The van der Waals surface area contributed by atoms with Gasteiger partial charge in [0.05, 0.1) is 10.7 Å². The average Bonchev–Trinajstić information content (AvgIpc) is 3.16. The van der Waals surface area contributed by atoms with Crippen LogP contribution in [0.3, 0.4) is 0 Å². The predicted molar refractivity (Wildman–Crippen MR) is 113 cm³/mol. The average molecular weight is 437 g/mol. The Morgan fingerprint density at radius 2 is 2.10 bits per heavy atom. The van der Waals surface area contributed by atoms with Crippen molar-refractivity contribution in [3.8, 4) is 6.07 Å². The molecule has 160 valence electrons. The van der Waals surface area contributed by atoms with Crippen molar-refractivity contribution in [3.05, 3.63) is 57.9 Å². The van der Waals surface area contributed by atoms with Crippen molar-refractivity contribution in [2.45, 2.75) is 32.3 Å². The SMILES string of the molecule is C=C(F)/C(=C(\C)F)c1ccccc1C1CC(N2CCCC(C#[N+]S(C)(=O)=O)C2)=NO1. The van der Waals surface area contributed by atoms with E-state index in [1.807, 2.05) is 4.90 Å². The van der Waals surface area contributed by atoms with E-state index < -0.39 is 27.8 Å². The summed E-state index contributed by atoms with van der Waals surface area (Å²) in [5, 5.41) is 4.19. The molecule has 0 bridgehead atoms. The summed E-state index contributed by atoms with van der Waals surface area (Å²) in [4.78, 5) is 7.63. The fourth-order valence-electron chi connectivity index (χ4n) is 3.73. The largest absolute Gasteiger partial charge is 0.476 e. The standard InChI is InChI=1S/C21H24F2N3O3S/c1-14(22)21(15(2)23)18-9-5-4-8-17(18)19-11-20(25-29-19)26-10-6-7-16(13-26)12-24-30(3,27)28/h4-5,8-9,16,19H,1,6-7,10-11,13H2,2-3H3/q+1/b21-15-. The second-order valence-electron chi connectivity index (χ2n) is 7.44. The van der Waals surface area contributed by atoms with Gasteiger partial charge in [-0.2, -0.15) is 0 Å². The van der Waals surface area contributed by atoms with Crippen molar-refractivity contribution in [2.75, 3.05) is 19.3 Å². The predicted octanol–water partition coefficient (Wildman–Crippen LogP) is 4.65. The maximum atomic E-state index is 14.0. The number of amidine groups is 1. The molecule has 0 spiro atoms. The molecule has 30 heavy (non-hydrogen) atoms. The van der Waals surface area contributed by atoms with Gasteiger partial charge in [0.2, 0.25) is 0 Å². The van der Waals surface area contributed by atoms with Gasteiger partial charge < -0.3 is 9.74 Å². The summed E-state index contributed by atoms with van der Waals surface area (Å²) in [6.07, 6.45) is 2.61. The molecular weight excluding hydrogens is 412 g/mol. The maximum Gasteiger partial charge on any atom is 0.476 e. The van der Waals surface area contributed by atoms with Crippen molar-refractivity contribution in [1.29, 1.82) is 0 Å². The zero-order valence-electron chi connectivity index (χ0n) is 16.9. The van der Waals surface area contributed by atoms with Gasteiger partial charge in [0.15, 0.2) is 6.10 Å². The van der Waals surface area contributed by atoms with Gasteiger partial charge in [0.25, 0.3) is 0 Å². The molecule has 1 aromatic carbocycles. The number of likely N-dealkylation sites (tertiary alicyclic amines) is 1. The number of sulfonamides is 1. The molecule has 3 rings (SSSR count). The van der Waals surface area contributed by atoms with Crippen LogP contribution in [0.15, 0.2) is 47.7 Å². The van der Waals surface area contributed by atoms with E-state index >= 15 is 0 Å². The quantitative estimate of drug-likeness (QED) is 0.647. The van der Waals surface area contributed by atoms with Crippen LogP contribution in [-0.4, -0.2) is 38.5 Å². The van der Waals surface area contributed by atoms with E-state index in [9.17, 15) is 17.2 Å². The number of oxime groups is 1. The number of rotatable bonds is 3. The van der Waals surface area contributed by atoms with Crippen LogP contribution in [0.2, 0.25) is 0 Å². The highest BCUT2D eigenvalue weighted by Gasteiger charge is 2.33. The molecule has 2 atom stereocenters. The summed E-state index contributed by atoms with van der Waals surface area (Å²) in [6, 6.07) is 9.58. The minimum absolute atomic E-state index is 0.124. The number of piperidine rings is 1. The molecule has 9 heteroatoms. The minimum Gasteiger partial charge on any atom is -0.386 e. The second-order valence-corrected chi connectivity index (χ2v) is 9.09. The topological polar surface area (TPSA) is 63.3 Å². The van der Waals surface area contributed by atoms with Crippen molar-refractivity contribution < 1.29 is 22.0 Å². The molecular formula is C21H24F2N3O3S+. The molecule has 6 nitrogen and oxygen atoms in total. The monoisotopic (exact) mass is 436 g/mol. The molecule has 0 amide bonds. The molecule has 2 aliphatic rings. The lowest BCUT2D eigenvalue weighted by Crippen LogP contribution is -2.39. The van der Waals surface area contributed by atoms with E-state index in [0.717, 1.165) is 25.6 Å². The molecule has 1 saturated heterocycles. The highest BCUT2D eigenvalue weighted by atomic mass is 32.2. The van der Waals surface area contributed by atoms with E-state index in [0.29, 0.717) is 29.9 Å². The van der Waals surface area contributed by atoms with Gasteiger partial charge in [-0.05, 0) is 25.3 Å². The molecule has 0 aromatic heterocycles. The summed E-state index contributed by atoms with van der Waals surface area (Å²) in [6.45, 7) is 5.73. The van der Waals surface area contributed by atoms with Crippen LogP contribution in [0.5, 0.6) is 0 Å². The summed E-state index contributed by atoms with van der Waals surface area (Å²) >= 11 is 0. The van der Waals surface area contributed by atoms with Gasteiger partial charge in [-0.3, -0.25) is 0 Å². The normalized spacial score (nSPS) is 22.4. The fraction of sp³-hybridized carbons (Fsp3) is 0.429. The first kappa shape index (κ1) is 22.0. The number of hydrogen-bond donors (Lipinski definition) is 0. The second kappa shape index (κ2) is 8.96. The molecule has 0 radical (unpaired) electrons. The number of benzene rings is 1. The van der Waals surface area contributed by atoms with Crippen LogP contribution >= 0.6 is 0 Å². The molecule has 2 unspecified atom stereocenters. The number of hydrogen-bond acceptors (Lipinski definition) is 5. The van der Waals surface area contributed by atoms with E-state index in [1.165, 1.54) is 6.92 Å². The van der Waals surface area contributed by atoms with E-state index in [1.54, 1.807) is 24.3 Å². The fourth-order valence-corrected chi connectivity index (χ4v) is 4.07. The Morgan fingerprint density at radius 3 is 2.77 bits per heavy atom. The Morgan fingerprint density at radius 1 is 1.37 bits per heavy atom. The first-order valence-electron chi connectivity index (χ1n) is 9.61. The number of nitrogens with zero attached hydrogens (tertiary/aromatic N) is 3. The third-order valence-electron chi connectivity index (χ3n) is 5.03. The van der Waals surface area contributed by atoms with Crippen LogP contribution in [0.25, 0.3) is 9.82 Å². The summed E-state index contributed by atoms with van der Waals surface area (Å²) < 4.78 is 53.9. The van der Waals surface area contributed by atoms with Gasteiger partial charge in [0, 0.05) is 24.2 Å². The lowest BCUT2D eigenvalue weighted by atomic mass is 9.93. The summed E-state index contributed by atoms with van der Waals surface area (Å²) in [7, 11) is -3.46. The lowest BCUT2D eigenvalue weighted by Gasteiger charge is -2.29. The number of halogens is 2. The molecule has 0 saturated carbocycles. The Balaban J connectivity index is 1.77. The molecule has 0 N–H and O–H groups in total. The highest BCUT2D eigenvalue weighted by molar-refractivity contribution is 7.92. The zero-order chi connectivity index (χ0) is 21.9. The van der Waals surface area contributed by atoms with Gasteiger partial charge in [-0.15, -0.1) is 8.42 Å². The Bertz CT molecular complexity index is 1070. The van der Waals surface area contributed by atoms with Crippen LogP contribution < -0.4 is 0 Å². The van der Waals surface area contributed by atoms with Crippen LogP contribution in [0, 0.1) is 12.0 Å². The highest BCUT2D eigenvalue weighted by Crippen LogP contribution is 2.37. The van der Waals surface area contributed by atoms with Gasteiger partial charge in [-0.1, -0.05) is 36.0 Å². The van der Waals surface area contributed by atoms with Gasteiger partial charge in [-0.25, -0.2) is 8.78 Å². The van der Waals surface area contributed by atoms with Crippen LogP contribution in [0.4, 0.5) is 8.78 Å². The third-order valence-corrected chi connectivity index (χ3v) is 5.47. The minimum atomic E-state index is -3.46. The first-order valence-corrected chi connectivity index (χ1v) is 11.5. The van der Waals surface area contributed by atoms with Crippen LogP contribution in [0.1, 0.15) is 43.4 Å². The molecule has 1 aromatic rings. The van der Waals surface area contributed by atoms with Crippen molar-refractivity contribution in [2.24, 2.45) is 11.1 Å². The summed E-state index contributed by atoms with van der Waals surface area (Å²) in [5.74, 6) is -0.918. The van der Waals surface area contributed by atoms with E-state index in [2.05, 4.69) is 22.1 Å². The smallest absolute Gasteiger partial charge is 0.386 e. The molecule has 2 heterocycles. The Hall–Kier alpha value is -2.73. The molecule has 0 aliphatic carbocycles. The van der Waals surface area contributed by atoms with Crippen LogP contribution in [-0.2, 0) is 14.9 Å². The van der Waals surface area contributed by atoms with Crippen molar-refractivity contribution in [3.63, 3.8) is 0 Å². The molecule has 2 aliphatic heterocycles. The lowest BCUT2D eigenvalue weighted by molar-refractivity contribution is 0.0853. The first-order chi connectivity index (χ1) is 14.2. The van der Waals surface area contributed by atoms with Gasteiger partial charge >= 0.3 is 16.1 Å². The summed E-state index contributed by atoms with van der Waals surface area (Å²) in [5.41, 5.74) is 0.838. The van der Waals surface area contributed by atoms with Crippen molar-refractivity contribution >= 4 is 21.4 Å². The van der Waals surface area contributed by atoms with E-state index in [4.69, 9.17) is 4.84 Å². The maximum absolute atomic E-state index is 14.0. The van der Waals surface area contributed by atoms with E-state index in [-0.39, 0.29) is 11.5 Å². The third kappa shape index (κ3) is 5.25. The molecule has 1 fully saturated rings. The Labute approximate surface area is 175 Å². The van der Waals surface area contributed by atoms with Gasteiger partial charge in [0.1, 0.15) is 29.7 Å². The van der Waals surface area contributed by atoms with Crippen molar-refractivity contribution in [1.82, 2.24) is 4.90 Å². The number of allylic oxidation sites excluding steroid dienone is 3.